The summed E-state index contributed by atoms with van der Waals surface area (Å²) in [6.45, 7) is 0. The number of hydrogen-bond acceptors (Lipinski definition) is 3. The fourth-order valence-corrected chi connectivity index (χ4v) is 2.21. The van der Waals surface area contributed by atoms with Gasteiger partial charge in [0.15, 0.2) is 0 Å². The molecule has 1 aliphatic heterocycles. The lowest BCUT2D eigenvalue weighted by atomic mass is 9.99. The Morgan fingerprint density at radius 2 is 1.95 bits per heavy atom. The average molecular weight is 266 g/mol. The molecule has 1 heterocycles. The smallest absolute Gasteiger partial charge is 0.339 e. The van der Waals surface area contributed by atoms with Gasteiger partial charge in [-0.1, -0.05) is 36.4 Å². The minimum atomic E-state index is -0.297. The Labute approximate surface area is 117 Å². The summed E-state index contributed by atoms with van der Waals surface area (Å²) in [6, 6.07) is 15.3. The van der Waals surface area contributed by atoms with Gasteiger partial charge in [-0.3, -0.25) is 0 Å². The number of carbonyl (C=O) groups excluding carboxylic acids is 1. The molecule has 0 saturated carbocycles. The van der Waals surface area contributed by atoms with E-state index in [1.165, 1.54) is 0 Å². The molecule has 0 saturated heterocycles. The van der Waals surface area contributed by atoms with E-state index in [1.54, 1.807) is 13.2 Å². The number of esters is 1. The van der Waals surface area contributed by atoms with Crippen molar-refractivity contribution in [3.63, 3.8) is 0 Å². The number of benzene rings is 2. The summed E-state index contributed by atoms with van der Waals surface area (Å²) in [6.07, 6.45) is 2.45. The standard InChI is InChI=1S/C17H14O3/c1-19-15-8-7-13-10-14(17(18)20-16(13)11-15)9-12-5-3-2-4-6-12/h2-9,11H,10H2,1H3. The topological polar surface area (TPSA) is 35.5 Å². The predicted molar refractivity (Wildman–Crippen MR) is 76.8 cm³/mol. The molecule has 2 aromatic carbocycles. The maximum atomic E-state index is 12.0. The Bertz CT molecular complexity index is 672. The van der Waals surface area contributed by atoms with Gasteiger partial charge in [-0.25, -0.2) is 4.79 Å². The third-order valence-corrected chi connectivity index (χ3v) is 3.26. The quantitative estimate of drug-likeness (QED) is 0.475. The van der Waals surface area contributed by atoms with E-state index in [0.717, 1.165) is 11.1 Å². The number of fused-ring (bicyclic) bond motifs is 1. The van der Waals surface area contributed by atoms with E-state index in [-0.39, 0.29) is 5.97 Å². The molecule has 0 fully saturated rings. The predicted octanol–water partition coefficient (Wildman–Crippen LogP) is 3.24. The normalized spacial score (nSPS) is 15.7. The lowest BCUT2D eigenvalue weighted by Crippen LogP contribution is -2.19. The van der Waals surface area contributed by atoms with Crippen LogP contribution in [-0.2, 0) is 11.2 Å². The average Bonchev–Trinajstić information content (AvgIpc) is 2.48. The van der Waals surface area contributed by atoms with Gasteiger partial charge >= 0.3 is 5.97 Å². The molecule has 3 heteroatoms. The molecular weight excluding hydrogens is 252 g/mol. The molecule has 0 amide bonds. The van der Waals surface area contributed by atoms with Crippen molar-refractivity contribution in [1.82, 2.24) is 0 Å². The number of rotatable bonds is 2. The van der Waals surface area contributed by atoms with Crippen LogP contribution in [-0.4, -0.2) is 13.1 Å². The Morgan fingerprint density at radius 3 is 2.70 bits per heavy atom. The first-order chi connectivity index (χ1) is 9.76. The van der Waals surface area contributed by atoms with Crippen LogP contribution < -0.4 is 9.47 Å². The molecule has 0 unspecified atom stereocenters. The number of carbonyl (C=O) groups is 1. The van der Waals surface area contributed by atoms with Crippen LogP contribution in [0.1, 0.15) is 11.1 Å². The Morgan fingerprint density at radius 1 is 1.15 bits per heavy atom. The Kier molecular flexibility index (Phi) is 3.25. The molecule has 0 spiro atoms. The zero-order valence-electron chi connectivity index (χ0n) is 11.1. The molecule has 0 N–H and O–H groups in total. The van der Waals surface area contributed by atoms with Crippen LogP contribution >= 0.6 is 0 Å². The largest absolute Gasteiger partial charge is 0.497 e. The minimum absolute atomic E-state index is 0.297. The molecule has 100 valence electrons. The van der Waals surface area contributed by atoms with Crippen molar-refractivity contribution in [1.29, 1.82) is 0 Å². The molecule has 0 bridgehead atoms. The first kappa shape index (κ1) is 12.5. The van der Waals surface area contributed by atoms with E-state index in [0.29, 0.717) is 23.5 Å². The summed E-state index contributed by atoms with van der Waals surface area (Å²) >= 11 is 0. The fourth-order valence-electron chi connectivity index (χ4n) is 2.21. The summed E-state index contributed by atoms with van der Waals surface area (Å²) in [5.74, 6) is 0.973. The molecular formula is C17H14O3. The van der Waals surface area contributed by atoms with E-state index >= 15 is 0 Å². The van der Waals surface area contributed by atoms with Crippen molar-refractivity contribution in [3.05, 3.63) is 65.2 Å². The van der Waals surface area contributed by atoms with E-state index in [4.69, 9.17) is 9.47 Å². The molecule has 3 nitrogen and oxygen atoms in total. The van der Waals surface area contributed by atoms with Crippen molar-refractivity contribution in [2.45, 2.75) is 6.42 Å². The van der Waals surface area contributed by atoms with E-state index in [1.807, 2.05) is 48.5 Å². The maximum absolute atomic E-state index is 12.0. The third-order valence-electron chi connectivity index (χ3n) is 3.26. The summed E-state index contributed by atoms with van der Waals surface area (Å²) in [4.78, 5) is 12.0. The van der Waals surface area contributed by atoms with Gasteiger partial charge in [-0.15, -0.1) is 0 Å². The van der Waals surface area contributed by atoms with Crippen LogP contribution in [0.15, 0.2) is 54.1 Å². The molecule has 0 atom stereocenters. The second-order valence-electron chi connectivity index (χ2n) is 4.62. The van der Waals surface area contributed by atoms with E-state index in [9.17, 15) is 4.79 Å². The van der Waals surface area contributed by atoms with Gasteiger partial charge < -0.3 is 9.47 Å². The summed E-state index contributed by atoms with van der Waals surface area (Å²) in [5, 5.41) is 0. The van der Waals surface area contributed by atoms with Gasteiger partial charge in [-0.2, -0.15) is 0 Å². The van der Waals surface area contributed by atoms with Gasteiger partial charge in [0.2, 0.25) is 0 Å². The zero-order valence-corrected chi connectivity index (χ0v) is 11.1. The number of hydrogen-bond donors (Lipinski definition) is 0. The highest BCUT2D eigenvalue weighted by Gasteiger charge is 2.22. The monoisotopic (exact) mass is 266 g/mol. The maximum Gasteiger partial charge on any atom is 0.339 e. The SMILES string of the molecule is COc1ccc2c(c1)OC(=O)C(=Cc1ccccc1)C2. The lowest BCUT2D eigenvalue weighted by molar-refractivity contribution is -0.130. The van der Waals surface area contributed by atoms with E-state index < -0.39 is 0 Å². The highest BCUT2D eigenvalue weighted by Crippen LogP contribution is 2.31. The van der Waals surface area contributed by atoms with Crippen LogP contribution in [0, 0.1) is 0 Å². The van der Waals surface area contributed by atoms with Crippen LogP contribution in [0.3, 0.4) is 0 Å². The van der Waals surface area contributed by atoms with Gasteiger partial charge in [-0.05, 0) is 23.3 Å². The number of methoxy groups -OCH3 is 1. The molecule has 1 aliphatic rings. The minimum Gasteiger partial charge on any atom is -0.497 e. The lowest BCUT2D eigenvalue weighted by Gasteiger charge is -2.18. The van der Waals surface area contributed by atoms with Crippen molar-refractivity contribution in [2.24, 2.45) is 0 Å². The van der Waals surface area contributed by atoms with Crippen LogP contribution in [0.4, 0.5) is 0 Å². The molecule has 0 aromatic heterocycles. The van der Waals surface area contributed by atoms with Gasteiger partial charge in [0.1, 0.15) is 11.5 Å². The summed E-state index contributed by atoms with van der Waals surface area (Å²) < 4.78 is 10.5. The fraction of sp³-hybridized carbons (Fsp3) is 0.118. The summed E-state index contributed by atoms with van der Waals surface area (Å²) in [5.41, 5.74) is 2.65. The van der Waals surface area contributed by atoms with Crippen molar-refractivity contribution in [3.8, 4) is 11.5 Å². The first-order valence-corrected chi connectivity index (χ1v) is 6.41. The highest BCUT2D eigenvalue weighted by molar-refractivity contribution is 5.97. The third kappa shape index (κ3) is 2.43. The van der Waals surface area contributed by atoms with Crippen molar-refractivity contribution in [2.75, 3.05) is 7.11 Å². The molecule has 2 aromatic rings. The molecule has 20 heavy (non-hydrogen) atoms. The van der Waals surface area contributed by atoms with Crippen LogP contribution in [0.5, 0.6) is 11.5 Å². The second-order valence-corrected chi connectivity index (χ2v) is 4.62. The zero-order chi connectivity index (χ0) is 13.9. The second kappa shape index (κ2) is 5.21. The highest BCUT2D eigenvalue weighted by atomic mass is 16.5. The van der Waals surface area contributed by atoms with E-state index in [2.05, 4.69) is 0 Å². The van der Waals surface area contributed by atoms with Crippen LogP contribution in [0.2, 0.25) is 0 Å². The van der Waals surface area contributed by atoms with Gasteiger partial charge in [0.25, 0.3) is 0 Å². The molecule has 3 rings (SSSR count). The Balaban J connectivity index is 1.93. The first-order valence-electron chi connectivity index (χ1n) is 6.41. The Hall–Kier alpha value is -2.55. The summed E-state index contributed by atoms with van der Waals surface area (Å²) in [7, 11) is 1.59. The molecule has 0 radical (unpaired) electrons. The van der Waals surface area contributed by atoms with Crippen molar-refractivity contribution >= 4 is 12.0 Å². The van der Waals surface area contributed by atoms with Crippen molar-refractivity contribution < 1.29 is 14.3 Å². The van der Waals surface area contributed by atoms with Gasteiger partial charge in [0, 0.05) is 18.1 Å². The van der Waals surface area contributed by atoms with Gasteiger partial charge in [0.05, 0.1) is 7.11 Å². The molecule has 0 aliphatic carbocycles. The van der Waals surface area contributed by atoms with Crippen LogP contribution in [0.25, 0.3) is 6.08 Å². The number of ether oxygens (including phenoxy) is 2.